The standard InChI is InChI=1S/C21H28N4O5/c1-21(2,27)14-25-7-5-24(6-8-25)12-19-23-16(13-30-19)20(26)22-15-3-4-17-18(11-15)29-10-9-28-17/h3-4,11,13,27H,5-10,12,14H2,1-2H3,(H,22,26). The lowest BCUT2D eigenvalue weighted by Crippen LogP contribution is -2.50. The molecule has 1 saturated heterocycles. The average Bonchev–Trinajstić information content (AvgIpc) is 3.17. The van der Waals surface area contributed by atoms with Crippen LogP contribution in [0.1, 0.15) is 30.2 Å². The number of hydrogen-bond donors (Lipinski definition) is 2. The van der Waals surface area contributed by atoms with Crippen LogP contribution in [0.25, 0.3) is 0 Å². The van der Waals surface area contributed by atoms with E-state index in [4.69, 9.17) is 13.9 Å². The van der Waals surface area contributed by atoms with Gasteiger partial charge in [0.25, 0.3) is 5.91 Å². The maximum atomic E-state index is 12.5. The molecular formula is C21H28N4O5. The molecule has 30 heavy (non-hydrogen) atoms. The Morgan fingerprint density at radius 2 is 1.83 bits per heavy atom. The third-order valence-electron chi connectivity index (χ3n) is 5.02. The number of carbonyl (C=O) groups excluding carboxylic acids is 1. The van der Waals surface area contributed by atoms with Crippen LogP contribution in [0, 0.1) is 0 Å². The molecule has 1 amide bonds. The van der Waals surface area contributed by atoms with Crippen LogP contribution in [0.2, 0.25) is 0 Å². The van der Waals surface area contributed by atoms with Crippen LogP contribution in [0.15, 0.2) is 28.9 Å². The highest BCUT2D eigenvalue weighted by Gasteiger charge is 2.24. The molecule has 0 saturated carbocycles. The molecule has 9 heteroatoms. The van der Waals surface area contributed by atoms with Crippen molar-refractivity contribution in [1.82, 2.24) is 14.8 Å². The second kappa shape index (κ2) is 8.63. The van der Waals surface area contributed by atoms with Gasteiger partial charge in [-0.3, -0.25) is 14.6 Å². The van der Waals surface area contributed by atoms with Crippen molar-refractivity contribution in [3.8, 4) is 11.5 Å². The Bertz CT molecular complexity index is 884. The maximum Gasteiger partial charge on any atom is 0.277 e. The van der Waals surface area contributed by atoms with Gasteiger partial charge in [0.05, 0.1) is 12.1 Å². The summed E-state index contributed by atoms with van der Waals surface area (Å²) >= 11 is 0. The number of piperazine rings is 1. The first kappa shape index (κ1) is 20.6. The molecular weight excluding hydrogens is 388 g/mol. The number of rotatable bonds is 6. The summed E-state index contributed by atoms with van der Waals surface area (Å²) in [5.74, 6) is 1.46. The summed E-state index contributed by atoms with van der Waals surface area (Å²) in [6, 6.07) is 5.27. The molecule has 0 atom stereocenters. The number of oxazole rings is 1. The van der Waals surface area contributed by atoms with Crippen LogP contribution in [-0.2, 0) is 6.54 Å². The number of amides is 1. The van der Waals surface area contributed by atoms with E-state index in [2.05, 4.69) is 20.1 Å². The van der Waals surface area contributed by atoms with E-state index in [1.54, 1.807) is 18.2 Å². The van der Waals surface area contributed by atoms with Gasteiger partial charge in [-0.25, -0.2) is 4.98 Å². The highest BCUT2D eigenvalue weighted by Crippen LogP contribution is 2.32. The number of anilines is 1. The molecule has 0 bridgehead atoms. The Hall–Kier alpha value is -2.62. The van der Waals surface area contributed by atoms with Crippen molar-refractivity contribution in [1.29, 1.82) is 0 Å². The number of aromatic nitrogens is 1. The molecule has 0 spiro atoms. The molecule has 2 aliphatic heterocycles. The Morgan fingerprint density at radius 3 is 2.57 bits per heavy atom. The predicted octanol–water partition coefficient (Wildman–Crippen LogP) is 1.59. The summed E-state index contributed by atoms with van der Waals surface area (Å²) in [5.41, 5.74) is 0.154. The Morgan fingerprint density at radius 1 is 1.13 bits per heavy atom. The molecule has 1 aromatic carbocycles. The topological polar surface area (TPSA) is 100 Å². The Balaban J connectivity index is 1.29. The fourth-order valence-corrected chi connectivity index (χ4v) is 3.65. The normalized spacial score (nSPS) is 17.7. The van der Waals surface area contributed by atoms with E-state index in [1.165, 1.54) is 6.26 Å². The molecule has 4 rings (SSSR count). The van der Waals surface area contributed by atoms with Crippen LogP contribution < -0.4 is 14.8 Å². The number of fused-ring (bicyclic) bond motifs is 1. The van der Waals surface area contributed by atoms with Crippen molar-refractivity contribution < 1.29 is 23.8 Å². The van der Waals surface area contributed by atoms with E-state index in [-0.39, 0.29) is 11.6 Å². The third kappa shape index (κ3) is 5.29. The van der Waals surface area contributed by atoms with E-state index in [1.807, 2.05) is 13.8 Å². The van der Waals surface area contributed by atoms with Gasteiger partial charge in [0.15, 0.2) is 17.2 Å². The fraction of sp³-hybridized carbons (Fsp3) is 0.524. The van der Waals surface area contributed by atoms with E-state index in [9.17, 15) is 9.90 Å². The number of benzene rings is 1. The van der Waals surface area contributed by atoms with Gasteiger partial charge >= 0.3 is 0 Å². The largest absolute Gasteiger partial charge is 0.486 e. The first-order chi connectivity index (χ1) is 14.4. The highest BCUT2D eigenvalue weighted by atomic mass is 16.6. The number of β-amino-alcohol motifs (C(OH)–C–C–N with tert-alkyl or cyclic N) is 1. The van der Waals surface area contributed by atoms with Gasteiger partial charge in [0, 0.05) is 44.5 Å². The molecule has 3 heterocycles. The summed E-state index contributed by atoms with van der Waals surface area (Å²) in [5, 5.41) is 12.8. The molecule has 9 nitrogen and oxygen atoms in total. The first-order valence-electron chi connectivity index (χ1n) is 10.2. The molecule has 2 N–H and O–H groups in total. The zero-order valence-corrected chi connectivity index (χ0v) is 17.4. The van der Waals surface area contributed by atoms with Crippen molar-refractivity contribution in [3.05, 3.63) is 36.0 Å². The van der Waals surface area contributed by atoms with Crippen LogP contribution in [0.3, 0.4) is 0 Å². The zero-order chi connectivity index (χ0) is 21.1. The van der Waals surface area contributed by atoms with Crippen molar-refractivity contribution in [2.75, 3.05) is 51.3 Å². The maximum absolute atomic E-state index is 12.5. The van der Waals surface area contributed by atoms with Gasteiger partial charge in [0.2, 0.25) is 5.89 Å². The van der Waals surface area contributed by atoms with Crippen molar-refractivity contribution in [2.24, 2.45) is 0 Å². The zero-order valence-electron chi connectivity index (χ0n) is 17.4. The molecule has 2 aliphatic rings. The molecule has 2 aromatic rings. The fourth-order valence-electron chi connectivity index (χ4n) is 3.65. The lowest BCUT2D eigenvalue weighted by atomic mass is 10.1. The van der Waals surface area contributed by atoms with Gasteiger partial charge in [-0.2, -0.15) is 0 Å². The van der Waals surface area contributed by atoms with E-state index in [0.29, 0.717) is 49.4 Å². The summed E-state index contributed by atoms with van der Waals surface area (Å²) in [6.07, 6.45) is 1.38. The Labute approximate surface area is 175 Å². The number of hydrogen-bond acceptors (Lipinski definition) is 8. The van der Waals surface area contributed by atoms with Gasteiger partial charge in [0.1, 0.15) is 19.5 Å². The summed E-state index contributed by atoms with van der Waals surface area (Å²) in [7, 11) is 0. The number of nitrogens with one attached hydrogen (secondary N) is 1. The van der Waals surface area contributed by atoms with Crippen molar-refractivity contribution in [3.63, 3.8) is 0 Å². The smallest absolute Gasteiger partial charge is 0.277 e. The minimum absolute atomic E-state index is 0.237. The number of ether oxygens (including phenoxy) is 2. The molecule has 0 radical (unpaired) electrons. The van der Waals surface area contributed by atoms with Crippen LogP contribution in [0.5, 0.6) is 11.5 Å². The van der Waals surface area contributed by atoms with Crippen LogP contribution >= 0.6 is 0 Å². The van der Waals surface area contributed by atoms with Crippen LogP contribution in [0.4, 0.5) is 5.69 Å². The molecule has 0 unspecified atom stereocenters. The number of aliphatic hydroxyl groups is 1. The molecule has 162 valence electrons. The van der Waals surface area contributed by atoms with Gasteiger partial charge in [-0.05, 0) is 26.0 Å². The first-order valence-corrected chi connectivity index (χ1v) is 10.2. The van der Waals surface area contributed by atoms with E-state index >= 15 is 0 Å². The summed E-state index contributed by atoms with van der Waals surface area (Å²) < 4.78 is 16.5. The van der Waals surface area contributed by atoms with Crippen molar-refractivity contribution in [2.45, 2.75) is 26.0 Å². The number of carbonyl (C=O) groups is 1. The summed E-state index contributed by atoms with van der Waals surface area (Å²) in [4.78, 5) is 21.3. The lowest BCUT2D eigenvalue weighted by molar-refractivity contribution is 0.0156. The van der Waals surface area contributed by atoms with E-state index in [0.717, 1.165) is 26.2 Å². The van der Waals surface area contributed by atoms with E-state index < -0.39 is 5.60 Å². The van der Waals surface area contributed by atoms with Gasteiger partial charge < -0.3 is 24.3 Å². The van der Waals surface area contributed by atoms with Crippen molar-refractivity contribution >= 4 is 11.6 Å². The molecule has 1 fully saturated rings. The predicted molar refractivity (Wildman–Crippen MR) is 110 cm³/mol. The lowest BCUT2D eigenvalue weighted by Gasteiger charge is -2.36. The second-order valence-corrected chi connectivity index (χ2v) is 8.30. The minimum Gasteiger partial charge on any atom is -0.486 e. The summed E-state index contributed by atoms with van der Waals surface area (Å²) in [6.45, 7) is 9.34. The highest BCUT2D eigenvalue weighted by molar-refractivity contribution is 6.02. The average molecular weight is 416 g/mol. The minimum atomic E-state index is -0.690. The SMILES string of the molecule is CC(C)(O)CN1CCN(Cc2nc(C(=O)Nc3ccc4c(c3)OCCO4)co2)CC1. The Kier molecular flexibility index (Phi) is 5.94. The molecule has 0 aliphatic carbocycles. The van der Waals surface area contributed by atoms with Gasteiger partial charge in [-0.15, -0.1) is 0 Å². The quantitative estimate of drug-likeness (QED) is 0.732. The number of nitrogens with zero attached hydrogens (tertiary/aromatic N) is 3. The monoisotopic (exact) mass is 416 g/mol. The van der Waals surface area contributed by atoms with Gasteiger partial charge in [-0.1, -0.05) is 0 Å². The molecule has 1 aromatic heterocycles. The second-order valence-electron chi connectivity index (χ2n) is 8.30. The third-order valence-corrected chi connectivity index (χ3v) is 5.02. The van der Waals surface area contributed by atoms with Crippen LogP contribution in [-0.4, -0.2) is 77.3 Å².